The van der Waals surface area contributed by atoms with Gasteiger partial charge in [-0.25, -0.2) is 0 Å². The monoisotopic (exact) mass is 784 g/mol. The highest BCUT2D eigenvalue weighted by Crippen LogP contribution is 2.52. The van der Waals surface area contributed by atoms with Crippen LogP contribution in [0.3, 0.4) is 0 Å². The molecule has 0 saturated carbocycles. The van der Waals surface area contributed by atoms with Crippen LogP contribution in [0.2, 0.25) is 0 Å². The van der Waals surface area contributed by atoms with E-state index in [0.717, 1.165) is 0 Å². The second-order valence-electron chi connectivity index (χ2n) is 16.8. The van der Waals surface area contributed by atoms with Crippen LogP contribution in [0.25, 0.3) is 117 Å². The van der Waals surface area contributed by atoms with Crippen LogP contribution in [-0.4, -0.2) is 0 Å². The van der Waals surface area contributed by atoms with Gasteiger partial charge in [-0.15, -0.1) is 22.7 Å². The second kappa shape index (κ2) is 12.2. The van der Waals surface area contributed by atoms with Crippen LogP contribution in [0.15, 0.2) is 182 Å². The van der Waals surface area contributed by atoms with Gasteiger partial charge in [-0.2, -0.15) is 0 Å². The lowest BCUT2D eigenvalue weighted by Crippen LogP contribution is -2.15. The molecule has 10 aromatic carbocycles. The molecule has 1 aliphatic rings. The minimum Gasteiger partial charge on any atom is -0.135 e. The van der Waals surface area contributed by atoms with Crippen molar-refractivity contribution in [2.75, 3.05) is 0 Å². The van der Waals surface area contributed by atoms with Gasteiger partial charge >= 0.3 is 0 Å². The molecule has 0 N–H and O–H groups in total. The molecule has 0 bridgehead atoms. The molecule has 59 heavy (non-hydrogen) atoms. The Bertz CT molecular complexity index is 3690. The molecule has 0 amide bonds. The minimum absolute atomic E-state index is 0.164. The summed E-state index contributed by atoms with van der Waals surface area (Å²) in [6, 6.07) is 68.7. The van der Waals surface area contributed by atoms with E-state index in [1.165, 1.54) is 128 Å². The Morgan fingerprint density at radius 1 is 0.305 bits per heavy atom. The Balaban J connectivity index is 0.921. The molecule has 2 aromatic heterocycles. The standard InChI is InChI=1S/C57H36S2/c1-57(2)49-29-35(34-22-25-52-47(26-34)48-28-38-31-53-46(27-37(38)32-54(48)59-52)41-14-10-11-19-51(41)58-53)20-23-39(49)40-24-21-36(30-50(40)57)56-44-17-8-6-15-42(44)55(33-12-4-3-5-13-33)43-16-7-9-18-45(43)56/h3-32H,1-2H3. The summed E-state index contributed by atoms with van der Waals surface area (Å²) in [6.07, 6.45) is 0. The van der Waals surface area contributed by atoms with E-state index in [1.54, 1.807) is 0 Å². The van der Waals surface area contributed by atoms with E-state index in [2.05, 4.69) is 196 Å². The largest absolute Gasteiger partial charge is 0.135 e. The molecule has 0 saturated heterocycles. The Kier molecular flexibility index (Phi) is 6.92. The van der Waals surface area contributed by atoms with Gasteiger partial charge in [0.2, 0.25) is 0 Å². The normalized spacial score (nSPS) is 13.4. The van der Waals surface area contributed by atoms with Crippen molar-refractivity contribution >= 4 is 95.3 Å². The van der Waals surface area contributed by atoms with Crippen molar-refractivity contribution in [2.24, 2.45) is 0 Å². The molecule has 0 spiro atoms. The van der Waals surface area contributed by atoms with E-state index < -0.39 is 0 Å². The lowest BCUT2D eigenvalue weighted by molar-refractivity contribution is 0.661. The van der Waals surface area contributed by atoms with Crippen LogP contribution < -0.4 is 0 Å². The SMILES string of the molecule is CC1(C)c2cc(-c3ccc4sc5cc6cc7c(cc6cc5c4c3)sc3ccccc37)ccc2-c2ccc(-c3c4ccccc4c(-c4ccccc4)c4ccccc34)cc21. The van der Waals surface area contributed by atoms with Crippen LogP contribution in [-0.2, 0) is 5.41 Å². The number of rotatable bonds is 3. The maximum absolute atomic E-state index is 2.49. The highest BCUT2D eigenvalue weighted by Gasteiger charge is 2.36. The molecule has 0 atom stereocenters. The number of thiophene rings is 2. The molecule has 1 aliphatic carbocycles. The number of hydrogen-bond donors (Lipinski definition) is 0. The molecule has 276 valence electrons. The van der Waals surface area contributed by atoms with Gasteiger partial charge in [0, 0.05) is 45.8 Å². The van der Waals surface area contributed by atoms with Gasteiger partial charge < -0.3 is 0 Å². The molecule has 12 aromatic rings. The fourth-order valence-electron chi connectivity index (χ4n) is 10.3. The van der Waals surface area contributed by atoms with Gasteiger partial charge in [0.15, 0.2) is 0 Å². The predicted octanol–water partition coefficient (Wildman–Crippen LogP) is 17.2. The first kappa shape index (κ1) is 33.4. The summed E-state index contributed by atoms with van der Waals surface area (Å²) in [5.41, 5.74) is 13.0. The predicted molar refractivity (Wildman–Crippen MR) is 259 cm³/mol. The van der Waals surface area contributed by atoms with Crippen LogP contribution in [0.4, 0.5) is 0 Å². The van der Waals surface area contributed by atoms with Gasteiger partial charge in [-0.1, -0.05) is 141 Å². The quantitative estimate of drug-likeness (QED) is 0.157. The second-order valence-corrected chi connectivity index (χ2v) is 19.0. The number of fused-ring (bicyclic) bond motifs is 12. The molecule has 0 aliphatic heterocycles. The van der Waals surface area contributed by atoms with Gasteiger partial charge in [-0.3, -0.25) is 0 Å². The van der Waals surface area contributed by atoms with E-state index in [9.17, 15) is 0 Å². The Morgan fingerprint density at radius 3 is 1.37 bits per heavy atom. The first-order valence-corrected chi connectivity index (χ1v) is 22.1. The Hall–Kier alpha value is -6.58. The fraction of sp³-hybridized carbons (Fsp3) is 0.0526. The average Bonchev–Trinajstić information content (AvgIpc) is 3.89. The van der Waals surface area contributed by atoms with E-state index in [4.69, 9.17) is 0 Å². The molecule has 0 nitrogen and oxygen atoms in total. The summed E-state index contributed by atoms with van der Waals surface area (Å²) in [7, 11) is 0. The van der Waals surface area contributed by atoms with Crippen molar-refractivity contribution in [3.63, 3.8) is 0 Å². The molecular weight excluding hydrogens is 749 g/mol. The average molecular weight is 785 g/mol. The summed E-state index contributed by atoms with van der Waals surface area (Å²) in [5.74, 6) is 0. The Morgan fingerprint density at radius 2 is 0.746 bits per heavy atom. The molecule has 2 heterocycles. The molecule has 0 unspecified atom stereocenters. The van der Waals surface area contributed by atoms with Crippen molar-refractivity contribution in [1.29, 1.82) is 0 Å². The van der Waals surface area contributed by atoms with Gasteiger partial charge in [0.1, 0.15) is 0 Å². The van der Waals surface area contributed by atoms with E-state index in [-0.39, 0.29) is 5.41 Å². The van der Waals surface area contributed by atoms with Gasteiger partial charge in [-0.05, 0) is 143 Å². The van der Waals surface area contributed by atoms with Crippen molar-refractivity contribution in [1.82, 2.24) is 0 Å². The summed E-state index contributed by atoms with van der Waals surface area (Å²) in [4.78, 5) is 0. The molecule has 2 heteroatoms. The molecule has 0 fully saturated rings. The summed E-state index contributed by atoms with van der Waals surface area (Å²) < 4.78 is 5.39. The van der Waals surface area contributed by atoms with Crippen LogP contribution >= 0.6 is 22.7 Å². The number of benzene rings is 10. The van der Waals surface area contributed by atoms with Crippen LogP contribution in [0.5, 0.6) is 0 Å². The number of hydrogen-bond acceptors (Lipinski definition) is 2. The van der Waals surface area contributed by atoms with Crippen LogP contribution in [0, 0.1) is 0 Å². The molecular formula is C57H36S2. The van der Waals surface area contributed by atoms with Gasteiger partial charge in [0.25, 0.3) is 0 Å². The van der Waals surface area contributed by atoms with E-state index in [1.807, 2.05) is 22.7 Å². The smallest absolute Gasteiger partial charge is 0.0361 e. The maximum Gasteiger partial charge on any atom is 0.0361 e. The zero-order valence-corrected chi connectivity index (χ0v) is 34.3. The van der Waals surface area contributed by atoms with E-state index in [0.29, 0.717) is 0 Å². The topological polar surface area (TPSA) is 0 Å². The van der Waals surface area contributed by atoms with Crippen LogP contribution in [0.1, 0.15) is 25.0 Å². The summed E-state index contributed by atoms with van der Waals surface area (Å²) in [6.45, 7) is 4.82. The lowest BCUT2D eigenvalue weighted by atomic mass is 9.80. The van der Waals surface area contributed by atoms with Crippen molar-refractivity contribution in [3.05, 3.63) is 193 Å². The summed E-state index contributed by atoms with van der Waals surface area (Å²) in [5, 5.41) is 13.2. The lowest BCUT2D eigenvalue weighted by Gasteiger charge is -2.23. The zero-order chi connectivity index (χ0) is 39.0. The molecule has 0 radical (unpaired) electrons. The van der Waals surface area contributed by atoms with Crippen molar-refractivity contribution in [3.8, 4) is 44.5 Å². The first-order valence-electron chi connectivity index (χ1n) is 20.5. The third-order valence-electron chi connectivity index (χ3n) is 13.2. The van der Waals surface area contributed by atoms with E-state index >= 15 is 0 Å². The third-order valence-corrected chi connectivity index (χ3v) is 15.5. The fourth-order valence-corrected chi connectivity index (χ4v) is 12.6. The minimum atomic E-state index is -0.164. The first-order chi connectivity index (χ1) is 29.0. The third kappa shape index (κ3) is 4.82. The van der Waals surface area contributed by atoms with Crippen molar-refractivity contribution in [2.45, 2.75) is 19.3 Å². The van der Waals surface area contributed by atoms with Gasteiger partial charge in [0.05, 0.1) is 0 Å². The van der Waals surface area contributed by atoms with Crippen molar-refractivity contribution < 1.29 is 0 Å². The molecule has 13 rings (SSSR count). The highest BCUT2D eigenvalue weighted by atomic mass is 32.1. The maximum atomic E-state index is 2.49. The Labute approximate surface area is 350 Å². The zero-order valence-electron chi connectivity index (χ0n) is 32.6. The summed E-state index contributed by atoms with van der Waals surface area (Å²) >= 11 is 3.80. The highest BCUT2D eigenvalue weighted by molar-refractivity contribution is 7.26.